The zero-order valence-electron chi connectivity index (χ0n) is 13.4. The molecule has 3 nitrogen and oxygen atoms in total. The Kier molecular flexibility index (Phi) is 6.33. The van der Waals surface area contributed by atoms with Gasteiger partial charge in [-0.25, -0.2) is 8.78 Å². The molecule has 134 valence electrons. The second-order valence-corrected chi connectivity index (χ2v) is 8.54. The number of amides is 1. The van der Waals surface area contributed by atoms with E-state index in [9.17, 15) is 13.6 Å². The Labute approximate surface area is 158 Å². The number of hydrogen-bond acceptors (Lipinski definition) is 4. The highest BCUT2D eigenvalue weighted by atomic mass is 35.5. The van der Waals surface area contributed by atoms with Gasteiger partial charge in [0.15, 0.2) is 0 Å². The van der Waals surface area contributed by atoms with Crippen LogP contribution in [0.25, 0.3) is 0 Å². The van der Waals surface area contributed by atoms with Crippen molar-refractivity contribution in [2.75, 3.05) is 31.9 Å². The Balaban J connectivity index is 1.45. The molecule has 0 unspecified atom stereocenters. The summed E-state index contributed by atoms with van der Waals surface area (Å²) >= 11 is 8.62. The number of thioether (sulfide) groups is 1. The van der Waals surface area contributed by atoms with E-state index in [4.69, 9.17) is 11.6 Å². The molecule has 1 aromatic carbocycles. The molecule has 8 heteroatoms. The van der Waals surface area contributed by atoms with Gasteiger partial charge >= 0.3 is 0 Å². The number of rotatable bonds is 5. The predicted molar refractivity (Wildman–Crippen MR) is 98.3 cm³/mol. The lowest BCUT2D eigenvalue weighted by atomic mass is 10.3. The first-order valence-electron chi connectivity index (χ1n) is 7.83. The van der Waals surface area contributed by atoms with Crippen LogP contribution in [0.4, 0.5) is 8.78 Å². The van der Waals surface area contributed by atoms with Gasteiger partial charge in [-0.3, -0.25) is 9.69 Å². The minimum atomic E-state index is -0.628. The third kappa shape index (κ3) is 5.17. The zero-order valence-corrected chi connectivity index (χ0v) is 15.8. The molecule has 3 rings (SSSR count). The Hall–Kier alpha value is -1.15. The Morgan fingerprint density at radius 1 is 1.16 bits per heavy atom. The molecule has 0 bridgehead atoms. The van der Waals surface area contributed by atoms with Gasteiger partial charge in [-0.1, -0.05) is 11.6 Å². The molecule has 1 aliphatic rings. The van der Waals surface area contributed by atoms with Gasteiger partial charge < -0.3 is 4.90 Å². The minimum absolute atomic E-state index is 0.0208. The molecule has 2 heterocycles. The first kappa shape index (κ1) is 18.6. The summed E-state index contributed by atoms with van der Waals surface area (Å²) in [5.41, 5.74) is 0. The number of hydrogen-bond donors (Lipinski definition) is 0. The van der Waals surface area contributed by atoms with E-state index < -0.39 is 11.6 Å². The summed E-state index contributed by atoms with van der Waals surface area (Å²) in [6, 6.07) is 7.33. The van der Waals surface area contributed by atoms with Gasteiger partial charge in [0.1, 0.15) is 11.6 Å². The van der Waals surface area contributed by atoms with Gasteiger partial charge in [0.05, 0.1) is 10.1 Å². The lowest BCUT2D eigenvalue weighted by Gasteiger charge is -2.34. The molecule has 1 aliphatic heterocycles. The smallest absolute Gasteiger partial charge is 0.233 e. The third-order valence-corrected chi connectivity index (χ3v) is 6.23. The zero-order chi connectivity index (χ0) is 17.8. The average molecular weight is 403 g/mol. The molecule has 0 atom stereocenters. The molecule has 0 aliphatic carbocycles. The van der Waals surface area contributed by atoms with Crippen LogP contribution in [0.2, 0.25) is 4.34 Å². The maximum Gasteiger partial charge on any atom is 0.233 e. The van der Waals surface area contributed by atoms with Gasteiger partial charge in [-0.15, -0.1) is 23.1 Å². The van der Waals surface area contributed by atoms with Crippen molar-refractivity contribution in [1.82, 2.24) is 9.80 Å². The van der Waals surface area contributed by atoms with E-state index in [0.717, 1.165) is 41.8 Å². The molecule has 1 saturated heterocycles. The Morgan fingerprint density at radius 2 is 1.92 bits per heavy atom. The number of halogens is 3. The average Bonchev–Trinajstić information content (AvgIpc) is 2.99. The highest BCUT2D eigenvalue weighted by Crippen LogP contribution is 2.24. The first-order valence-corrected chi connectivity index (χ1v) is 10.0. The lowest BCUT2D eigenvalue weighted by molar-refractivity contribution is -0.130. The summed E-state index contributed by atoms with van der Waals surface area (Å²) in [7, 11) is 0. The molecule has 0 saturated carbocycles. The van der Waals surface area contributed by atoms with E-state index in [1.165, 1.54) is 17.0 Å². The summed E-state index contributed by atoms with van der Waals surface area (Å²) in [4.78, 5) is 17.9. The number of carbonyl (C=O) groups excluding carboxylic acids is 1. The summed E-state index contributed by atoms with van der Waals surface area (Å²) in [5.74, 6) is -1.11. The van der Waals surface area contributed by atoms with Crippen LogP contribution < -0.4 is 0 Å². The molecule has 1 aromatic heterocycles. The monoisotopic (exact) mass is 402 g/mol. The fourth-order valence-electron chi connectivity index (χ4n) is 2.64. The molecular formula is C17H17ClF2N2OS2. The van der Waals surface area contributed by atoms with Crippen LogP contribution >= 0.6 is 34.7 Å². The van der Waals surface area contributed by atoms with Crippen LogP contribution in [-0.2, 0) is 11.3 Å². The van der Waals surface area contributed by atoms with Gasteiger partial charge in [0.2, 0.25) is 5.91 Å². The fourth-order valence-corrected chi connectivity index (χ4v) is 4.59. The minimum Gasteiger partial charge on any atom is -0.339 e. The van der Waals surface area contributed by atoms with Crippen LogP contribution in [-0.4, -0.2) is 47.6 Å². The summed E-state index contributed by atoms with van der Waals surface area (Å²) in [5, 5.41) is 0. The van der Waals surface area contributed by atoms with E-state index in [1.807, 2.05) is 12.1 Å². The molecule has 0 N–H and O–H groups in total. The predicted octanol–water partition coefficient (Wildman–Crippen LogP) is 4.12. The highest BCUT2D eigenvalue weighted by molar-refractivity contribution is 8.00. The summed E-state index contributed by atoms with van der Waals surface area (Å²) < 4.78 is 27.3. The van der Waals surface area contributed by atoms with Crippen LogP contribution in [0.5, 0.6) is 0 Å². The van der Waals surface area contributed by atoms with E-state index >= 15 is 0 Å². The number of piperazine rings is 1. The molecular weight excluding hydrogens is 386 g/mol. The molecule has 25 heavy (non-hydrogen) atoms. The molecule has 2 aromatic rings. The van der Waals surface area contributed by atoms with Gasteiger partial charge in [0.25, 0.3) is 0 Å². The number of carbonyl (C=O) groups is 1. The molecule has 0 spiro atoms. The number of nitrogens with zero attached hydrogens (tertiary/aromatic N) is 2. The lowest BCUT2D eigenvalue weighted by Crippen LogP contribution is -2.48. The SMILES string of the molecule is O=C(CSc1ccc(F)cc1F)N1CCN(Cc2ccc(Cl)s2)CC1. The van der Waals surface area contributed by atoms with Crippen LogP contribution in [0.3, 0.4) is 0 Å². The van der Waals surface area contributed by atoms with Crippen LogP contribution in [0, 0.1) is 11.6 Å². The quantitative estimate of drug-likeness (QED) is 0.703. The van der Waals surface area contributed by atoms with Crippen molar-refractivity contribution in [2.24, 2.45) is 0 Å². The highest BCUT2D eigenvalue weighted by Gasteiger charge is 2.21. The fraction of sp³-hybridized carbons (Fsp3) is 0.353. The second-order valence-electron chi connectivity index (χ2n) is 5.73. The van der Waals surface area contributed by atoms with E-state index in [-0.39, 0.29) is 11.7 Å². The Morgan fingerprint density at radius 3 is 2.56 bits per heavy atom. The maximum atomic E-state index is 13.6. The van der Waals surface area contributed by atoms with Gasteiger partial charge in [-0.05, 0) is 24.3 Å². The number of benzene rings is 1. The van der Waals surface area contributed by atoms with Gasteiger partial charge in [0, 0.05) is 48.6 Å². The maximum absolute atomic E-state index is 13.6. The third-order valence-electron chi connectivity index (χ3n) is 3.98. The summed E-state index contributed by atoms with van der Waals surface area (Å²) in [6.45, 7) is 3.76. The van der Waals surface area contributed by atoms with Gasteiger partial charge in [-0.2, -0.15) is 0 Å². The van der Waals surface area contributed by atoms with Crippen molar-refractivity contribution >= 4 is 40.6 Å². The topological polar surface area (TPSA) is 23.6 Å². The van der Waals surface area contributed by atoms with Crippen molar-refractivity contribution < 1.29 is 13.6 Å². The van der Waals surface area contributed by atoms with Crippen molar-refractivity contribution in [3.63, 3.8) is 0 Å². The molecule has 1 amide bonds. The standard InChI is InChI=1S/C17H17ClF2N2OS2/c18-16-4-2-13(25-16)10-21-5-7-22(8-6-21)17(23)11-24-15-3-1-12(19)9-14(15)20/h1-4,9H,5-8,10-11H2. The second kappa shape index (κ2) is 8.49. The van der Waals surface area contributed by atoms with Crippen LogP contribution in [0.15, 0.2) is 35.2 Å². The molecule has 0 radical (unpaired) electrons. The van der Waals surface area contributed by atoms with E-state index in [0.29, 0.717) is 18.0 Å². The van der Waals surface area contributed by atoms with Crippen molar-refractivity contribution in [3.8, 4) is 0 Å². The normalized spacial score (nSPS) is 15.6. The van der Waals surface area contributed by atoms with Crippen LogP contribution in [0.1, 0.15) is 4.88 Å². The van der Waals surface area contributed by atoms with Crippen molar-refractivity contribution in [3.05, 3.63) is 51.2 Å². The largest absolute Gasteiger partial charge is 0.339 e. The Bertz CT molecular complexity index is 748. The van der Waals surface area contributed by atoms with E-state index in [2.05, 4.69) is 4.90 Å². The van der Waals surface area contributed by atoms with E-state index in [1.54, 1.807) is 16.2 Å². The number of thiophene rings is 1. The summed E-state index contributed by atoms with van der Waals surface area (Å²) in [6.07, 6.45) is 0. The van der Waals surface area contributed by atoms with Crippen molar-refractivity contribution in [1.29, 1.82) is 0 Å². The van der Waals surface area contributed by atoms with Crippen molar-refractivity contribution in [2.45, 2.75) is 11.4 Å². The first-order chi connectivity index (χ1) is 12.0. The molecule has 1 fully saturated rings.